The molecule has 61 heavy (non-hydrogen) atoms. The summed E-state index contributed by atoms with van der Waals surface area (Å²) < 4.78 is 16.8. The second-order valence-electron chi connectivity index (χ2n) is 17.1. The first-order chi connectivity index (χ1) is 30.0. The van der Waals surface area contributed by atoms with E-state index < -0.39 is 6.10 Å². The van der Waals surface area contributed by atoms with Gasteiger partial charge in [-0.3, -0.25) is 14.4 Å². The van der Waals surface area contributed by atoms with Crippen LogP contribution >= 0.6 is 0 Å². The minimum Gasteiger partial charge on any atom is -0.462 e. The monoisotopic (exact) mass is 853 g/mol. The topological polar surface area (TPSA) is 78.9 Å². The van der Waals surface area contributed by atoms with E-state index in [9.17, 15) is 14.4 Å². The number of hydrogen-bond acceptors (Lipinski definition) is 6. The van der Waals surface area contributed by atoms with Crippen molar-refractivity contribution < 1.29 is 28.6 Å². The van der Waals surface area contributed by atoms with Gasteiger partial charge in [-0.15, -0.1) is 0 Å². The maximum Gasteiger partial charge on any atom is 0.306 e. The Morgan fingerprint density at radius 3 is 0.967 bits per heavy atom. The summed E-state index contributed by atoms with van der Waals surface area (Å²) in [5.74, 6) is -0.915. The Balaban J connectivity index is 4.38. The summed E-state index contributed by atoms with van der Waals surface area (Å²) in [6.07, 6.45) is 60.5. The largest absolute Gasteiger partial charge is 0.462 e. The fourth-order valence-electron chi connectivity index (χ4n) is 7.01. The Morgan fingerprint density at radius 2 is 0.607 bits per heavy atom. The number of unbranched alkanes of at least 4 members (excludes halogenated alkanes) is 25. The van der Waals surface area contributed by atoms with E-state index in [-0.39, 0.29) is 31.1 Å². The predicted molar refractivity (Wildman–Crippen MR) is 261 cm³/mol. The molecule has 0 aliphatic heterocycles. The van der Waals surface area contributed by atoms with Crippen LogP contribution in [0.4, 0.5) is 0 Å². The molecule has 0 saturated carbocycles. The average molecular weight is 853 g/mol. The highest BCUT2D eigenvalue weighted by Gasteiger charge is 2.19. The lowest BCUT2D eigenvalue weighted by molar-refractivity contribution is -0.167. The molecule has 6 heteroatoms. The lowest BCUT2D eigenvalue weighted by atomic mass is 10.1. The van der Waals surface area contributed by atoms with Crippen LogP contribution in [-0.4, -0.2) is 37.2 Å². The van der Waals surface area contributed by atoms with E-state index in [1.165, 1.54) is 109 Å². The van der Waals surface area contributed by atoms with Crippen molar-refractivity contribution in [1.29, 1.82) is 0 Å². The van der Waals surface area contributed by atoms with Gasteiger partial charge in [0.1, 0.15) is 13.2 Å². The molecule has 0 aliphatic rings. The van der Waals surface area contributed by atoms with Gasteiger partial charge in [-0.05, 0) is 103 Å². The highest BCUT2D eigenvalue weighted by atomic mass is 16.6. The van der Waals surface area contributed by atoms with E-state index in [4.69, 9.17) is 14.2 Å². The second-order valence-corrected chi connectivity index (χ2v) is 17.1. The Labute approximate surface area is 377 Å². The summed E-state index contributed by atoms with van der Waals surface area (Å²) in [5, 5.41) is 0. The number of carbonyl (C=O) groups is 3. The molecule has 0 aromatic carbocycles. The molecule has 0 spiro atoms. The Hall–Kier alpha value is -2.89. The van der Waals surface area contributed by atoms with Crippen LogP contribution in [0.25, 0.3) is 0 Å². The van der Waals surface area contributed by atoms with Gasteiger partial charge in [0.15, 0.2) is 6.10 Å². The summed E-state index contributed by atoms with van der Waals surface area (Å²) >= 11 is 0. The van der Waals surface area contributed by atoms with Crippen LogP contribution in [0, 0.1) is 0 Å². The van der Waals surface area contributed by atoms with E-state index in [2.05, 4.69) is 81.5 Å². The number of rotatable bonds is 46. The third-order valence-electron chi connectivity index (χ3n) is 11.0. The number of esters is 3. The van der Waals surface area contributed by atoms with Crippen LogP contribution in [0.3, 0.4) is 0 Å². The van der Waals surface area contributed by atoms with E-state index in [1.807, 2.05) is 0 Å². The lowest BCUT2D eigenvalue weighted by Crippen LogP contribution is -2.30. The Kier molecular flexibility index (Phi) is 47.4. The van der Waals surface area contributed by atoms with Crippen LogP contribution in [0.1, 0.15) is 252 Å². The highest BCUT2D eigenvalue weighted by molar-refractivity contribution is 5.71. The summed E-state index contributed by atoms with van der Waals surface area (Å²) in [6, 6.07) is 0. The molecule has 0 rings (SSSR count). The maximum atomic E-state index is 12.8. The van der Waals surface area contributed by atoms with Crippen LogP contribution in [0.15, 0.2) is 60.8 Å². The second kappa shape index (κ2) is 49.8. The Bertz CT molecular complexity index is 1120. The smallest absolute Gasteiger partial charge is 0.306 e. The summed E-state index contributed by atoms with van der Waals surface area (Å²) in [5.41, 5.74) is 0. The quantitative estimate of drug-likeness (QED) is 0.0263. The first kappa shape index (κ1) is 58.1. The number of allylic oxidation sites excluding steroid dienone is 10. The van der Waals surface area contributed by atoms with Crippen molar-refractivity contribution >= 4 is 17.9 Å². The molecule has 1 atom stereocenters. The van der Waals surface area contributed by atoms with Crippen molar-refractivity contribution in [3.63, 3.8) is 0 Å². The molecule has 0 N–H and O–H groups in total. The summed E-state index contributed by atoms with van der Waals surface area (Å²) in [6.45, 7) is 6.52. The summed E-state index contributed by atoms with van der Waals surface area (Å²) in [7, 11) is 0. The van der Waals surface area contributed by atoms with E-state index in [1.54, 1.807) is 0 Å². The number of ether oxygens (including phenoxy) is 3. The van der Waals surface area contributed by atoms with Crippen molar-refractivity contribution in [3.8, 4) is 0 Å². The molecule has 0 bridgehead atoms. The fraction of sp³-hybridized carbons (Fsp3) is 0.764. The molecule has 0 aromatic rings. The molecule has 0 fully saturated rings. The van der Waals surface area contributed by atoms with E-state index in [0.717, 1.165) is 103 Å². The van der Waals surface area contributed by atoms with Gasteiger partial charge in [-0.25, -0.2) is 0 Å². The van der Waals surface area contributed by atoms with Gasteiger partial charge >= 0.3 is 17.9 Å². The molecule has 0 aliphatic carbocycles. The maximum absolute atomic E-state index is 12.8. The molecular formula is C55H96O6. The third kappa shape index (κ3) is 48.0. The molecule has 0 heterocycles. The van der Waals surface area contributed by atoms with Gasteiger partial charge in [-0.2, -0.15) is 0 Å². The zero-order chi connectivity index (χ0) is 44.4. The molecule has 0 unspecified atom stereocenters. The van der Waals surface area contributed by atoms with E-state index in [0.29, 0.717) is 19.3 Å². The molecule has 352 valence electrons. The van der Waals surface area contributed by atoms with Gasteiger partial charge in [0.2, 0.25) is 0 Å². The van der Waals surface area contributed by atoms with Gasteiger partial charge in [0.05, 0.1) is 0 Å². The molecule has 0 amide bonds. The first-order valence-corrected chi connectivity index (χ1v) is 25.8. The number of carbonyl (C=O) groups excluding carboxylic acids is 3. The van der Waals surface area contributed by atoms with Gasteiger partial charge in [-0.1, -0.05) is 191 Å². The molecule has 6 nitrogen and oxygen atoms in total. The first-order valence-electron chi connectivity index (χ1n) is 25.8. The van der Waals surface area contributed by atoms with Crippen LogP contribution in [-0.2, 0) is 28.6 Å². The zero-order valence-corrected chi connectivity index (χ0v) is 40.2. The van der Waals surface area contributed by atoms with Crippen molar-refractivity contribution in [1.82, 2.24) is 0 Å². The van der Waals surface area contributed by atoms with Crippen LogP contribution in [0.2, 0.25) is 0 Å². The SMILES string of the molecule is CCCC/C=C\CCCCCCCC(=O)O[C@@H](COC(=O)CCCCCCC/C=C\C/C=C\CCCCC)COC(=O)CCCCCCCCC/C=C\C/C=C\CCCCC. The number of hydrogen-bond donors (Lipinski definition) is 0. The average Bonchev–Trinajstić information content (AvgIpc) is 3.26. The van der Waals surface area contributed by atoms with Crippen molar-refractivity contribution in [2.75, 3.05) is 13.2 Å². The van der Waals surface area contributed by atoms with Gasteiger partial charge in [0.25, 0.3) is 0 Å². The Morgan fingerprint density at radius 1 is 0.328 bits per heavy atom. The molecule has 0 aromatic heterocycles. The lowest BCUT2D eigenvalue weighted by Gasteiger charge is -2.18. The van der Waals surface area contributed by atoms with Crippen molar-refractivity contribution in [2.45, 2.75) is 258 Å². The highest BCUT2D eigenvalue weighted by Crippen LogP contribution is 2.14. The van der Waals surface area contributed by atoms with Gasteiger partial charge < -0.3 is 14.2 Å². The summed E-state index contributed by atoms with van der Waals surface area (Å²) in [4.78, 5) is 37.9. The minimum absolute atomic E-state index is 0.0863. The normalized spacial score (nSPS) is 12.5. The van der Waals surface area contributed by atoms with E-state index >= 15 is 0 Å². The standard InChI is InChI=1S/C55H96O6/c1-4-7-10-13-16-19-22-24-26-27-29-31-34-36-39-42-45-48-54(57)60-51-52(61-55(58)49-46-43-40-37-32-21-18-15-12-9-6-3)50-59-53(56)47-44-41-38-35-33-30-28-25-23-20-17-14-11-8-5-2/h15-20,24-26,28,52H,4-14,21-23,27,29-51H2,1-3H3/b18-15-,19-16-,20-17-,26-24-,28-25-/t52-/m0/s1. The minimum atomic E-state index is -0.786. The predicted octanol–water partition coefficient (Wildman–Crippen LogP) is 16.9. The van der Waals surface area contributed by atoms with Crippen LogP contribution in [0.5, 0.6) is 0 Å². The molecule has 0 saturated heterocycles. The zero-order valence-electron chi connectivity index (χ0n) is 40.2. The molecular weight excluding hydrogens is 757 g/mol. The molecule has 0 radical (unpaired) electrons. The fourth-order valence-corrected chi connectivity index (χ4v) is 7.01. The van der Waals surface area contributed by atoms with Crippen LogP contribution < -0.4 is 0 Å². The third-order valence-corrected chi connectivity index (χ3v) is 11.0. The van der Waals surface area contributed by atoms with Gasteiger partial charge in [0, 0.05) is 19.3 Å². The van der Waals surface area contributed by atoms with Crippen molar-refractivity contribution in [2.24, 2.45) is 0 Å². The van der Waals surface area contributed by atoms with Crippen molar-refractivity contribution in [3.05, 3.63) is 60.8 Å².